The first-order valence-electron chi connectivity index (χ1n) is 5.33. The van der Waals surface area contributed by atoms with Crippen molar-refractivity contribution in [3.05, 3.63) is 24.3 Å². The highest BCUT2D eigenvalue weighted by Gasteiger charge is 2.21. The van der Waals surface area contributed by atoms with Crippen molar-refractivity contribution in [2.45, 2.75) is 11.9 Å². The molecule has 0 amide bonds. The molecule has 0 aliphatic rings. The van der Waals surface area contributed by atoms with E-state index in [2.05, 4.69) is 20.5 Å². The van der Waals surface area contributed by atoms with Gasteiger partial charge < -0.3 is 0 Å². The molecular weight excluding hydrogens is 254 g/mol. The monoisotopic (exact) mass is 263 g/mol. The van der Waals surface area contributed by atoms with Crippen LogP contribution < -0.4 is 0 Å². The summed E-state index contributed by atoms with van der Waals surface area (Å²) < 4.78 is 25.4. The summed E-state index contributed by atoms with van der Waals surface area (Å²) in [6.45, 7) is 1.56. The van der Waals surface area contributed by atoms with Crippen LogP contribution in [-0.4, -0.2) is 39.2 Å². The Kier molecular flexibility index (Phi) is 2.27. The molecule has 0 spiro atoms. The minimum atomic E-state index is -3.46. The molecule has 2 heterocycles. The Hall–Kier alpha value is -2.09. The third-order valence-electron chi connectivity index (χ3n) is 2.67. The normalized spacial score (nSPS) is 12.3. The molecule has 0 saturated heterocycles. The second-order valence-electron chi connectivity index (χ2n) is 3.72. The summed E-state index contributed by atoms with van der Waals surface area (Å²) >= 11 is 0. The van der Waals surface area contributed by atoms with Crippen molar-refractivity contribution in [3.8, 4) is 0 Å². The number of nitrogens with zero attached hydrogens (tertiary/aromatic N) is 5. The summed E-state index contributed by atoms with van der Waals surface area (Å²) in [6.07, 6.45) is 0. The Balaban J connectivity index is 2.54. The Labute approximate surface area is 102 Å². The molecule has 92 valence electrons. The molecule has 0 atom stereocenters. The van der Waals surface area contributed by atoms with Gasteiger partial charge in [-0.3, -0.25) is 0 Å². The first-order valence-corrected chi connectivity index (χ1v) is 6.98. The third-order valence-corrected chi connectivity index (χ3v) is 4.29. The molecule has 0 aliphatic carbocycles. The Bertz CT molecular complexity index is 840. The van der Waals surface area contributed by atoms with Crippen LogP contribution in [0.1, 0.15) is 6.92 Å². The van der Waals surface area contributed by atoms with Crippen molar-refractivity contribution in [1.29, 1.82) is 0 Å². The first kappa shape index (κ1) is 11.0. The van der Waals surface area contributed by atoms with Crippen LogP contribution in [0.5, 0.6) is 0 Å². The van der Waals surface area contributed by atoms with E-state index in [-0.39, 0.29) is 16.4 Å². The molecule has 3 rings (SSSR count). The largest absolute Gasteiger partial charge is 0.231 e. The number of para-hydroxylation sites is 2. The number of hydrogen-bond acceptors (Lipinski definition) is 6. The SMILES string of the molecule is CCS(=O)(=O)c1nc2ccccc2n2nnnc12. The van der Waals surface area contributed by atoms with Gasteiger partial charge in [-0.05, 0) is 22.6 Å². The lowest BCUT2D eigenvalue weighted by Crippen LogP contribution is -2.10. The van der Waals surface area contributed by atoms with Crippen LogP contribution in [0, 0.1) is 0 Å². The van der Waals surface area contributed by atoms with Crippen LogP contribution in [0.2, 0.25) is 0 Å². The molecule has 0 fully saturated rings. The van der Waals surface area contributed by atoms with Gasteiger partial charge >= 0.3 is 0 Å². The lowest BCUT2D eigenvalue weighted by molar-refractivity contribution is 0.594. The van der Waals surface area contributed by atoms with E-state index in [4.69, 9.17) is 0 Å². The predicted octanol–water partition coefficient (Wildman–Crippen LogP) is 0.466. The van der Waals surface area contributed by atoms with Gasteiger partial charge in [0.25, 0.3) is 0 Å². The number of hydrogen-bond donors (Lipinski definition) is 0. The smallest absolute Gasteiger partial charge is 0.217 e. The molecule has 8 heteroatoms. The van der Waals surface area contributed by atoms with E-state index in [1.54, 1.807) is 25.1 Å². The van der Waals surface area contributed by atoms with Crippen LogP contribution in [0.25, 0.3) is 16.7 Å². The van der Waals surface area contributed by atoms with Crippen LogP contribution in [0.3, 0.4) is 0 Å². The van der Waals surface area contributed by atoms with Crippen LogP contribution in [0.4, 0.5) is 0 Å². The molecule has 1 aromatic carbocycles. The maximum atomic E-state index is 12.0. The zero-order chi connectivity index (χ0) is 12.8. The zero-order valence-corrected chi connectivity index (χ0v) is 10.3. The molecule has 0 saturated carbocycles. The molecule has 7 nitrogen and oxygen atoms in total. The molecule has 0 radical (unpaired) electrons. The second-order valence-corrected chi connectivity index (χ2v) is 5.92. The number of aromatic nitrogens is 5. The molecular formula is C10H9N5O2S. The van der Waals surface area contributed by atoms with E-state index in [1.165, 1.54) is 4.52 Å². The van der Waals surface area contributed by atoms with Crippen molar-refractivity contribution in [1.82, 2.24) is 25.0 Å². The van der Waals surface area contributed by atoms with Gasteiger partial charge in [0.05, 0.1) is 16.8 Å². The van der Waals surface area contributed by atoms with E-state index in [9.17, 15) is 8.42 Å². The van der Waals surface area contributed by atoms with Gasteiger partial charge in [-0.25, -0.2) is 13.4 Å². The average molecular weight is 263 g/mol. The maximum absolute atomic E-state index is 12.0. The lowest BCUT2D eigenvalue weighted by Gasteiger charge is -2.04. The molecule has 0 unspecified atom stereocenters. The minimum Gasteiger partial charge on any atom is -0.231 e. The number of fused-ring (bicyclic) bond motifs is 3. The topological polar surface area (TPSA) is 90.1 Å². The van der Waals surface area contributed by atoms with Crippen molar-refractivity contribution in [2.24, 2.45) is 0 Å². The van der Waals surface area contributed by atoms with Gasteiger partial charge in [0.1, 0.15) is 0 Å². The fourth-order valence-corrected chi connectivity index (χ4v) is 2.64. The van der Waals surface area contributed by atoms with Gasteiger partial charge in [0.15, 0.2) is 9.84 Å². The van der Waals surface area contributed by atoms with Crippen LogP contribution in [-0.2, 0) is 9.84 Å². The number of tetrazole rings is 1. The molecule has 0 aliphatic heterocycles. The first-order chi connectivity index (χ1) is 8.63. The molecule has 18 heavy (non-hydrogen) atoms. The van der Waals surface area contributed by atoms with Crippen molar-refractivity contribution < 1.29 is 8.42 Å². The van der Waals surface area contributed by atoms with E-state index in [1.807, 2.05) is 6.07 Å². The van der Waals surface area contributed by atoms with E-state index in [0.717, 1.165) is 0 Å². The summed E-state index contributed by atoms with van der Waals surface area (Å²) in [5.74, 6) is -0.0408. The van der Waals surface area contributed by atoms with Crippen LogP contribution in [0.15, 0.2) is 29.3 Å². The molecule has 2 aromatic heterocycles. The average Bonchev–Trinajstić information content (AvgIpc) is 2.87. The quantitative estimate of drug-likeness (QED) is 0.667. The highest BCUT2D eigenvalue weighted by Crippen LogP contribution is 2.19. The molecule has 3 aromatic rings. The highest BCUT2D eigenvalue weighted by molar-refractivity contribution is 7.91. The zero-order valence-electron chi connectivity index (χ0n) is 9.48. The fraction of sp³-hybridized carbons (Fsp3) is 0.200. The number of rotatable bonds is 2. The number of benzene rings is 1. The van der Waals surface area contributed by atoms with Crippen LogP contribution >= 0.6 is 0 Å². The molecule has 0 N–H and O–H groups in total. The van der Waals surface area contributed by atoms with Crippen molar-refractivity contribution in [3.63, 3.8) is 0 Å². The summed E-state index contributed by atoms with van der Waals surface area (Å²) in [7, 11) is -3.46. The van der Waals surface area contributed by atoms with Crippen molar-refractivity contribution in [2.75, 3.05) is 5.75 Å². The summed E-state index contributed by atoms with van der Waals surface area (Å²) in [6, 6.07) is 7.12. The lowest BCUT2D eigenvalue weighted by atomic mass is 10.3. The van der Waals surface area contributed by atoms with E-state index >= 15 is 0 Å². The molecule has 0 bridgehead atoms. The van der Waals surface area contributed by atoms with Crippen molar-refractivity contribution >= 4 is 26.5 Å². The standard InChI is InChI=1S/C10H9N5O2S/c1-2-18(16,17)10-9-12-13-14-15(9)8-6-4-3-5-7(8)11-10/h3-6H,2H2,1H3. The highest BCUT2D eigenvalue weighted by atomic mass is 32.2. The Morgan fingerprint density at radius 2 is 2.06 bits per heavy atom. The minimum absolute atomic E-state index is 0.0408. The van der Waals surface area contributed by atoms with Gasteiger partial charge in [-0.2, -0.15) is 4.52 Å². The predicted molar refractivity (Wildman–Crippen MR) is 63.8 cm³/mol. The fourth-order valence-electron chi connectivity index (χ4n) is 1.73. The third kappa shape index (κ3) is 1.46. The second kappa shape index (κ2) is 3.70. The van der Waals surface area contributed by atoms with Gasteiger partial charge in [-0.15, -0.1) is 5.10 Å². The summed E-state index contributed by atoms with van der Waals surface area (Å²) in [5, 5.41) is 11.0. The van der Waals surface area contributed by atoms with Gasteiger partial charge in [-0.1, -0.05) is 19.1 Å². The summed E-state index contributed by atoms with van der Waals surface area (Å²) in [4.78, 5) is 4.17. The maximum Gasteiger partial charge on any atom is 0.217 e. The Morgan fingerprint density at radius 3 is 2.83 bits per heavy atom. The Morgan fingerprint density at radius 1 is 1.28 bits per heavy atom. The van der Waals surface area contributed by atoms with E-state index < -0.39 is 9.84 Å². The van der Waals surface area contributed by atoms with Gasteiger partial charge in [0.2, 0.25) is 10.7 Å². The van der Waals surface area contributed by atoms with Gasteiger partial charge in [0, 0.05) is 0 Å². The van der Waals surface area contributed by atoms with E-state index in [0.29, 0.717) is 11.0 Å². The number of sulfone groups is 1. The summed E-state index contributed by atoms with van der Waals surface area (Å²) in [5.41, 5.74) is 1.38.